The lowest BCUT2D eigenvalue weighted by Gasteiger charge is -2.44. The van der Waals surface area contributed by atoms with Crippen molar-refractivity contribution in [1.82, 2.24) is 24.4 Å². The fourth-order valence-corrected chi connectivity index (χ4v) is 7.47. The number of rotatable bonds is 9. The van der Waals surface area contributed by atoms with Crippen molar-refractivity contribution in [3.8, 4) is 28.4 Å². The Morgan fingerprint density at radius 2 is 1.73 bits per heavy atom. The number of aryl methyl sites for hydroxylation is 1. The van der Waals surface area contributed by atoms with Gasteiger partial charge in [0.2, 0.25) is 0 Å². The van der Waals surface area contributed by atoms with Crippen molar-refractivity contribution >= 4 is 31.3 Å². The second-order valence-electron chi connectivity index (χ2n) is 17.4. The van der Waals surface area contributed by atoms with Crippen molar-refractivity contribution < 1.29 is 28.2 Å². The molecule has 0 radical (unpaired) electrons. The van der Waals surface area contributed by atoms with E-state index in [4.69, 9.17) is 18.9 Å². The highest BCUT2D eigenvalue weighted by molar-refractivity contribution is 6.74. The number of aromatic hydroxyl groups is 1. The Balaban J connectivity index is 1.71. The monoisotopic (exact) mass is 776 g/mol. The van der Waals surface area contributed by atoms with Crippen molar-refractivity contribution in [3.63, 3.8) is 0 Å². The largest absolute Gasteiger partial charge is 0.507 e. The second-order valence-corrected chi connectivity index (χ2v) is 22.2. The molecular formula is C41H57FN6O6Si. The van der Waals surface area contributed by atoms with Crippen LogP contribution in [-0.4, -0.2) is 87.9 Å². The zero-order valence-electron chi connectivity index (χ0n) is 34.6. The quantitative estimate of drug-likeness (QED) is 0.131. The zero-order chi connectivity index (χ0) is 40.8. The lowest BCUT2D eigenvalue weighted by molar-refractivity contribution is 0.0130. The SMILES string of the molecule is Cc1cccc(-c2nc3c(cc2F)c(N2C[C@@H](C)N(C(=O)OC(C)(C)C)C[C@@H]2C)nc(=O)n3-c2c(OCCO[Si](C)(C)C(C)(C)C)ccnc2C(C)C)c1O. The number of phenols is 1. The molecule has 1 aliphatic rings. The number of halogens is 1. The fourth-order valence-electron chi connectivity index (χ4n) is 6.44. The Kier molecular flexibility index (Phi) is 11.7. The van der Waals surface area contributed by atoms with Crippen LogP contribution in [0.5, 0.6) is 11.5 Å². The third kappa shape index (κ3) is 8.65. The second kappa shape index (κ2) is 15.5. The molecule has 14 heteroatoms. The molecule has 5 rings (SSSR count). The van der Waals surface area contributed by atoms with Gasteiger partial charge in [0.15, 0.2) is 19.8 Å². The van der Waals surface area contributed by atoms with Crippen LogP contribution < -0.4 is 15.3 Å². The number of hydrogen-bond acceptors (Lipinski definition) is 10. The third-order valence-corrected chi connectivity index (χ3v) is 15.0. The summed E-state index contributed by atoms with van der Waals surface area (Å²) in [6.07, 6.45) is 1.20. The summed E-state index contributed by atoms with van der Waals surface area (Å²) in [5, 5.41) is 11.3. The van der Waals surface area contributed by atoms with E-state index in [2.05, 4.69) is 43.8 Å². The van der Waals surface area contributed by atoms with Gasteiger partial charge in [-0.3, -0.25) is 4.98 Å². The van der Waals surface area contributed by atoms with Gasteiger partial charge in [0.25, 0.3) is 0 Å². The van der Waals surface area contributed by atoms with Crippen LogP contribution in [0, 0.1) is 12.7 Å². The van der Waals surface area contributed by atoms with Gasteiger partial charge < -0.3 is 28.8 Å². The predicted molar refractivity (Wildman–Crippen MR) is 217 cm³/mol. The highest BCUT2D eigenvalue weighted by Gasteiger charge is 2.38. The van der Waals surface area contributed by atoms with Crippen molar-refractivity contribution in [2.45, 2.75) is 118 Å². The maximum Gasteiger partial charge on any atom is 0.410 e. The molecule has 1 amide bonds. The summed E-state index contributed by atoms with van der Waals surface area (Å²) in [4.78, 5) is 45.5. The van der Waals surface area contributed by atoms with Gasteiger partial charge in [-0.15, -0.1) is 0 Å². The van der Waals surface area contributed by atoms with Crippen molar-refractivity contribution in [2.24, 2.45) is 0 Å². The number of anilines is 1. The molecule has 0 saturated carbocycles. The van der Waals surface area contributed by atoms with Crippen LogP contribution in [0.25, 0.3) is 28.0 Å². The predicted octanol–water partition coefficient (Wildman–Crippen LogP) is 8.35. The standard InChI is InChI=1S/C41H57FN6O6Si/c1-24(2)32-34(31(17-18-43-32)52-19-20-53-55(12,13)41(9,10)11)48-37-29(21-30(42)33(44-37)28-16-14-15-25(3)35(28)49)36(45-38(48)50)46-22-27(5)47(23-26(46)4)39(51)54-40(6,7)8/h14-18,21,24,26-27,49H,19-20,22-23H2,1-13H3/t26-,27+/m0/s1. The molecule has 0 aliphatic carbocycles. The van der Waals surface area contributed by atoms with Gasteiger partial charge in [-0.1, -0.05) is 46.8 Å². The number of carbonyl (C=O) groups is 1. The number of aromatic nitrogens is 4. The minimum atomic E-state index is -2.06. The van der Waals surface area contributed by atoms with Crippen LogP contribution in [0.3, 0.4) is 0 Å². The third-order valence-electron chi connectivity index (χ3n) is 10.5. The molecule has 3 aromatic heterocycles. The molecular weight excluding hydrogens is 720 g/mol. The van der Waals surface area contributed by atoms with E-state index in [1.54, 1.807) is 42.3 Å². The summed E-state index contributed by atoms with van der Waals surface area (Å²) < 4.78 is 36.2. The fraction of sp³-hybridized carbons (Fsp3) is 0.537. The van der Waals surface area contributed by atoms with Gasteiger partial charge >= 0.3 is 11.8 Å². The van der Waals surface area contributed by atoms with E-state index in [-0.39, 0.29) is 70.0 Å². The molecule has 0 bridgehead atoms. The van der Waals surface area contributed by atoms with Gasteiger partial charge in [0.05, 0.1) is 17.7 Å². The number of benzene rings is 1. The van der Waals surface area contributed by atoms with Crippen LogP contribution >= 0.6 is 0 Å². The van der Waals surface area contributed by atoms with Gasteiger partial charge in [-0.25, -0.2) is 23.5 Å². The van der Waals surface area contributed by atoms with Gasteiger partial charge in [-0.05, 0) is 83.3 Å². The van der Waals surface area contributed by atoms with E-state index in [0.29, 0.717) is 35.8 Å². The van der Waals surface area contributed by atoms with Crippen LogP contribution in [0.4, 0.5) is 15.0 Å². The van der Waals surface area contributed by atoms with E-state index in [0.717, 1.165) is 0 Å². The van der Waals surface area contributed by atoms with Crippen LogP contribution in [0.1, 0.15) is 86.4 Å². The topological polar surface area (TPSA) is 132 Å². The lowest BCUT2D eigenvalue weighted by atomic mass is 10.0. The van der Waals surface area contributed by atoms with Crippen LogP contribution in [0.15, 0.2) is 41.3 Å². The number of amides is 1. The van der Waals surface area contributed by atoms with E-state index in [9.17, 15) is 14.7 Å². The molecule has 298 valence electrons. The highest BCUT2D eigenvalue weighted by atomic mass is 28.4. The smallest absolute Gasteiger partial charge is 0.410 e. The summed E-state index contributed by atoms with van der Waals surface area (Å²) >= 11 is 0. The summed E-state index contributed by atoms with van der Waals surface area (Å²) in [5.41, 5.74) is 0.255. The molecule has 1 aliphatic heterocycles. The van der Waals surface area contributed by atoms with Crippen LogP contribution in [-0.2, 0) is 9.16 Å². The highest BCUT2D eigenvalue weighted by Crippen LogP contribution is 2.39. The molecule has 1 saturated heterocycles. The van der Waals surface area contributed by atoms with Crippen molar-refractivity contribution in [1.29, 1.82) is 0 Å². The molecule has 4 heterocycles. The summed E-state index contributed by atoms with van der Waals surface area (Å²) in [6.45, 7) is 26.9. The number of pyridine rings is 2. The Morgan fingerprint density at radius 1 is 1.04 bits per heavy atom. The van der Waals surface area contributed by atoms with Gasteiger partial charge in [0, 0.05) is 43.0 Å². The molecule has 1 N–H and O–H groups in total. The summed E-state index contributed by atoms with van der Waals surface area (Å²) in [7, 11) is -2.06. The first-order chi connectivity index (χ1) is 25.5. The number of nitrogens with zero attached hydrogens (tertiary/aromatic N) is 6. The molecule has 1 fully saturated rings. The van der Waals surface area contributed by atoms with Crippen LogP contribution in [0.2, 0.25) is 18.1 Å². The molecule has 55 heavy (non-hydrogen) atoms. The van der Waals surface area contributed by atoms with E-state index in [1.807, 2.05) is 53.4 Å². The maximum atomic E-state index is 16.4. The Hall–Kier alpha value is -4.56. The molecule has 4 aromatic rings. The normalized spacial score (nSPS) is 16.9. The maximum absolute atomic E-state index is 16.4. The zero-order valence-corrected chi connectivity index (χ0v) is 35.6. The summed E-state index contributed by atoms with van der Waals surface area (Å²) in [5.74, 6) is -0.386. The molecule has 1 aromatic carbocycles. The molecule has 2 atom stereocenters. The average Bonchev–Trinajstić information content (AvgIpc) is 3.07. The van der Waals surface area contributed by atoms with Gasteiger partial charge in [0.1, 0.15) is 40.9 Å². The number of piperazine rings is 1. The molecule has 12 nitrogen and oxygen atoms in total. The first-order valence-corrected chi connectivity index (χ1v) is 21.9. The number of ether oxygens (including phenoxy) is 2. The van der Waals surface area contributed by atoms with Crippen molar-refractivity contribution in [3.05, 3.63) is 64.1 Å². The van der Waals surface area contributed by atoms with Gasteiger partial charge in [-0.2, -0.15) is 4.98 Å². The number of phenolic OH excluding ortho intramolecular Hbond substituents is 1. The minimum absolute atomic E-state index is 0.0152. The minimum Gasteiger partial charge on any atom is -0.507 e. The Morgan fingerprint density at radius 3 is 2.36 bits per heavy atom. The number of fused-ring (bicyclic) bond motifs is 1. The number of hydrogen-bond donors (Lipinski definition) is 1. The number of carbonyl (C=O) groups excluding carboxylic acids is 1. The van der Waals surface area contributed by atoms with Crippen molar-refractivity contribution in [2.75, 3.05) is 31.2 Å². The van der Waals surface area contributed by atoms with E-state index in [1.165, 1.54) is 10.6 Å². The Bertz CT molecular complexity index is 2130. The first-order valence-electron chi connectivity index (χ1n) is 19.0. The molecule has 0 unspecified atom stereocenters. The first kappa shape index (κ1) is 41.6. The average molecular weight is 777 g/mol. The Labute approximate surface area is 324 Å². The number of para-hydroxylation sites is 1. The van der Waals surface area contributed by atoms with E-state index >= 15 is 4.39 Å². The van der Waals surface area contributed by atoms with E-state index < -0.39 is 31.5 Å². The molecule has 0 spiro atoms. The summed E-state index contributed by atoms with van der Waals surface area (Å²) in [6, 6.07) is 7.37. The lowest BCUT2D eigenvalue weighted by Crippen LogP contribution is -2.59.